The molecule has 1 aromatic rings. The number of alkyl halides is 3. The number of hydrogen-bond acceptors (Lipinski definition) is 4. The first-order valence-corrected chi connectivity index (χ1v) is 11.1. The molecule has 5 nitrogen and oxygen atoms in total. The van der Waals surface area contributed by atoms with Gasteiger partial charge in [-0.25, -0.2) is 13.6 Å². The van der Waals surface area contributed by atoms with Gasteiger partial charge in [-0.05, 0) is 36.8 Å². The van der Waals surface area contributed by atoms with Crippen molar-refractivity contribution in [2.24, 2.45) is 10.2 Å². The van der Waals surface area contributed by atoms with Gasteiger partial charge in [0, 0.05) is 6.42 Å². The molecular weight excluding hydrogens is 415 g/mol. The average Bonchev–Trinajstić information content (AvgIpc) is 3.16. The van der Waals surface area contributed by atoms with Crippen LogP contribution in [0.4, 0.5) is 18.9 Å². The molecule has 9 heteroatoms. The number of primary sulfonamides is 1. The van der Waals surface area contributed by atoms with Crippen molar-refractivity contribution < 1.29 is 21.6 Å². The molecule has 2 rings (SSSR count). The fraction of sp³-hybridized carbons (Fsp3) is 0.381. The summed E-state index contributed by atoms with van der Waals surface area (Å²) in [5.74, 6) is 0. The summed E-state index contributed by atoms with van der Waals surface area (Å²) in [6, 6.07) is 4.51. The number of benzene rings is 1. The van der Waals surface area contributed by atoms with Gasteiger partial charge in [0.2, 0.25) is 10.0 Å². The van der Waals surface area contributed by atoms with Crippen LogP contribution in [-0.4, -0.2) is 26.3 Å². The summed E-state index contributed by atoms with van der Waals surface area (Å²) in [4.78, 5) is -0.132. The van der Waals surface area contributed by atoms with E-state index in [4.69, 9.17) is 5.14 Å². The quantitative estimate of drug-likeness (QED) is 0.602. The van der Waals surface area contributed by atoms with E-state index >= 15 is 0 Å². The van der Waals surface area contributed by atoms with E-state index in [-0.39, 0.29) is 11.3 Å². The summed E-state index contributed by atoms with van der Waals surface area (Å²) >= 11 is 0. The first-order valence-electron chi connectivity index (χ1n) is 9.60. The number of hydrogen-bond donors (Lipinski definition) is 1. The van der Waals surface area contributed by atoms with E-state index in [1.807, 2.05) is 27.7 Å². The van der Waals surface area contributed by atoms with E-state index in [1.54, 1.807) is 25.2 Å². The lowest BCUT2D eigenvalue weighted by atomic mass is 10.00. The van der Waals surface area contributed by atoms with Crippen LogP contribution in [0.3, 0.4) is 0 Å². The van der Waals surface area contributed by atoms with Gasteiger partial charge in [0.25, 0.3) is 0 Å². The maximum Gasteiger partial charge on any atom is 0.431 e. The van der Waals surface area contributed by atoms with Crippen LogP contribution in [-0.2, 0) is 10.0 Å². The predicted molar refractivity (Wildman–Crippen MR) is 118 cm³/mol. The van der Waals surface area contributed by atoms with Crippen molar-refractivity contribution in [1.82, 2.24) is 0 Å². The van der Waals surface area contributed by atoms with Crippen LogP contribution in [0.25, 0.3) is 0 Å². The Morgan fingerprint density at radius 1 is 1.20 bits per heavy atom. The number of anilines is 1. The minimum absolute atomic E-state index is 0.132. The monoisotopic (exact) mass is 445 g/mol. The number of halogens is 3. The minimum atomic E-state index is -4.55. The largest absolute Gasteiger partial charge is 0.431 e. The Kier molecular flexibility index (Phi) is 11.4. The fourth-order valence-corrected chi connectivity index (χ4v) is 3.09. The molecule has 1 unspecified atom stereocenters. The van der Waals surface area contributed by atoms with Crippen molar-refractivity contribution >= 4 is 21.4 Å². The number of allylic oxidation sites excluding steroid dienone is 3. The highest BCUT2D eigenvalue weighted by molar-refractivity contribution is 7.89. The summed E-state index contributed by atoms with van der Waals surface area (Å²) < 4.78 is 62.2. The Hall–Kier alpha value is -2.39. The fourth-order valence-electron chi connectivity index (χ4n) is 2.57. The third kappa shape index (κ3) is 7.46. The zero-order chi connectivity index (χ0) is 23.5. The summed E-state index contributed by atoms with van der Waals surface area (Å²) in [6.45, 7) is 13.3. The zero-order valence-corrected chi connectivity index (χ0v) is 18.8. The highest BCUT2D eigenvalue weighted by Crippen LogP contribution is 2.34. The highest BCUT2D eigenvalue weighted by Gasteiger charge is 2.43. The van der Waals surface area contributed by atoms with Gasteiger partial charge in [0.15, 0.2) is 0 Å². The molecule has 0 spiro atoms. The molecule has 1 heterocycles. The second kappa shape index (κ2) is 12.3. The molecule has 1 aliphatic heterocycles. The highest BCUT2D eigenvalue weighted by atomic mass is 32.2. The van der Waals surface area contributed by atoms with Gasteiger partial charge in [0.1, 0.15) is 5.71 Å². The van der Waals surface area contributed by atoms with Crippen LogP contribution in [0, 0.1) is 0 Å². The number of sulfonamides is 1. The first-order chi connectivity index (χ1) is 14.1. The molecule has 2 N–H and O–H groups in total. The van der Waals surface area contributed by atoms with Crippen molar-refractivity contribution in [3.8, 4) is 0 Å². The lowest BCUT2D eigenvalue weighted by molar-refractivity contribution is -0.0599. The maximum absolute atomic E-state index is 13.2. The molecule has 168 valence electrons. The molecule has 30 heavy (non-hydrogen) atoms. The van der Waals surface area contributed by atoms with Crippen molar-refractivity contribution in [2.45, 2.75) is 58.2 Å². The molecule has 0 bridgehead atoms. The lowest BCUT2D eigenvalue weighted by Gasteiger charge is -2.24. The van der Waals surface area contributed by atoms with E-state index in [2.05, 4.69) is 11.7 Å². The van der Waals surface area contributed by atoms with Gasteiger partial charge in [-0.3, -0.25) is 5.01 Å². The summed E-state index contributed by atoms with van der Waals surface area (Å²) in [5, 5.41) is 10.00. The first kappa shape index (κ1) is 27.6. The summed E-state index contributed by atoms with van der Waals surface area (Å²) in [7, 11) is -3.89. The molecule has 1 aliphatic rings. The van der Waals surface area contributed by atoms with Crippen molar-refractivity contribution in [3.05, 3.63) is 60.7 Å². The Labute approximate surface area is 177 Å². The third-order valence-electron chi connectivity index (χ3n) is 3.72. The van der Waals surface area contributed by atoms with E-state index in [1.165, 1.54) is 35.4 Å². The van der Waals surface area contributed by atoms with Gasteiger partial charge in [-0.15, -0.1) is 0 Å². The Balaban J connectivity index is 0.00000198. The van der Waals surface area contributed by atoms with Crippen LogP contribution in [0.5, 0.6) is 0 Å². The van der Waals surface area contributed by atoms with Crippen LogP contribution in [0.15, 0.2) is 70.7 Å². The van der Waals surface area contributed by atoms with Crippen LogP contribution in [0.1, 0.15) is 41.0 Å². The zero-order valence-electron chi connectivity index (χ0n) is 17.9. The van der Waals surface area contributed by atoms with Crippen LogP contribution in [0.2, 0.25) is 0 Å². The average molecular weight is 446 g/mol. The van der Waals surface area contributed by atoms with E-state index in [0.29, 0.717) is 11.3 Å². The Bertz CT molecular complexity index is 872. The normalized spacial score (nSPS) is 17.0. The third-order valence-corrected chi connectivity index (χ3v) is 4.65. The molecule has 0 saturated carbocycles. The second-order valence-electron chi connectivity index (χ2n) is 5.55. The Morgan fingerprint density at radius 2 is 1.73 bits per heavy atom. The smallest absolute Gasteiger partial charge is 0.257 e. The number of nitrogens with two attached hydrogens (primary N) is 1. The summed E-state index contributed by atoms with van der Waals surface area (Å²) in [5.41, 5.74) is 0.0135. The molecule has 0 saturated heterocycles. The molecular formula is C21H30F3N3O2S. The van der Waals surface area contributed by atoms with Crippen LogP contribution >= 0.6 is 0 Å². The van der Waals surface area contributed by atoms with Gasteiger partial charge in [0.05, 0.1) is 16.6 Å². The predicted octanol–water partition coefficient (Wildman–Crippen LogP) is 5.57. The molecule has 0 radical (unpaired) electrons. The standard InChI is InChI=1S/C17H18F3N3O2S.2C2H6/c1-3-5-12(6-4-2)15-11-16(17(18,19)20)22-23(15)13-7-9-14(10-8-13)26(21,24)25;2*1-2/h3-10,15H,1,11H2,2H3,(H2,21,24,25);2*1-2H3/b6-4-,12-5+;;. The molecule has 1 aromatic carbocycles. The van der Waals surface area contributed by atoms with Crippen molar-refractivity contribution in [2.75, 3.05) is 5.01 Å². The molecule has 0 aromatic heterocycles. The molecule has 0 amide bonds. The number of rotatable bonds is 5. The molecule has 0 aliphatic carbocycles. The summed E-state index contributed by atoms with van der Waals surface area (Å²) in [6.07, 6.45) is 1.62. The SMILES string of the molecule is C=C/C=C(\C=C/C)C1CC(C(F)(F)F)=NN1c1ccc(S(N)(=O)=O)cc1.CC.CC. The van der Waals surface area contributed by atoms with E-state index < -0.39 is 28.0 Å². The van der Waals surface area contributed by atoms with E-state index in [9.17, 15) is 21.6 Å². The Morgan fingerprint density at radius 3 is 2.13 bits per heavy atom. The van der Waals surface area contributed by atoms with Crippen molar-refractivity contribution in [3.63, 3.8) is 0 Å². The number of hydrazone groups is 1. The van der Waals surface area contributed by atoms with Gasteiger partial charge < -0.3 is 0 Å². The van der Waals surface area contributed by atoms with Gasteiger partial charge >= 0.3 is 6.18 Å². The topological polar surface area (TPSA) is 75.8 Å². The molecule has 1 atom stereocenters. The molecule has 0 fully saturated rings. The maximum atomic E-state index is 13.2. The van der Waals surface area contributed by atoms with Crippen molar-refractivity contribution in [1.29, 1.82) is 0 Å². The minimum Gasteiger partial charge on any atom is -0.257 e. The van der Waals surface area contributed by atoms with E-state index in [0.717, 1.165) is 0 Å². The van der Waals surface area contributed by atoms with Crippen LogP contribution < -0.4 is 10.1 Å². The van der Waals surface area contributed by atoms with Gasteiger partial charge in [-0.2, -0.15) is 18.3 Å². The van der Waals surface area contributed by atoms with Gasteiger partial charge in [-0.1, -0.05) is 58.6 Å². The second-order valence-corrected chi connectivity index (χ2v) is 7.11. The number of nitrogens with zero attached hydrogens (tertiary/aromatic N) is 2. The lowest BCUT2D eigenvalue weighted by Crippen LogP contribution is -2.28.